The van der Waals surface area contributed by atoms with Gasteiger partial charge < -0.3 is 5.32 Å². The molecule has 1 atom stereocenters. The fourth-order valence-corrected chi connectivity index (χ4v) is 1.69. The molecule has 0 spiro atoms. The van der Waals surface area contributed by atoms with E-state index >= 15 is 0 Å². The summed E-state index contributed by atoms with van der Waals surface area (Å²) in [5.41, 5.74) is 0.679. The topological polar surface area (TPSA) is 46.9 Å². The summed E-state index contributed by atoms with van der Waals surface area (Å²) in [7, 11) is 0. The Labute approximate surface area is 116 Å². The van der Waals surface area contributed by atoms with Gasteiger partial charge in [0.05, 0.1) is 18.4 Å². The Morgan fingerprint density at radius 3 is 2.72 bits per heavy atom. The van der Waals surface area contributed by atoms with E-state index in [1.165, 1.54) is 4.68 Å². The molecule has 0 saturated carbocycles. The predicted molar refractivity (Wildman–Crippen MR) is 78.9 cm³/mol. The number of rotatable bonds is 4. The molecule has 0 aliphatic heterocycles. The van der Waals surface area contributed by atoms with Crippen molar-refractivity contribution >= 4 is 21.6 Å². The standard InChI is InChI=1S/C13H20BrN3O/c1-6-7-17-12(18)11(14)10(8-15-17)16-9(2)13(3,4)5/h6,8-9,16H,1,7H2,2-5H3. The summed E-state index contributed by atoms with van der Waals surface area (Å²) in [6, 6.07) is 0.227. The van der Waals surface area contributed by atoms with Crippen molar-refractivity contribution in [2.24, 2.45) is 5.41 Å². The van der Waals surface area contributed by atoms with Crippen LogP contribution in [0.2, 0.25) is 0 Å². The fourth-order valence-electron chi connectivity index (χ4n) is 1.27. The normalized spacial score (nSPS) is 13.2. The maximum absolute atomic E-state index is 12.0. The summed E-state index contributed by atoms with van der Waals surface area (Å²) in [4.78, 5) is 12.0. The fraction of sp³-hybridized carbons (Fsp3) is 0.538. The largest absolute Gasteiger partial charge is 0.380 e. The molecule has 0 amide bonds. The second kappa shape index (κ2) is 5.69. The summed E-state index contributed by atoms with van der Waals surface area (Å²) in [5.74, 6) is 0. The molecule has 1 rings (SSSR count). The van der Waals surface area contributed by atoms with Crippen molar-refractivity contribution < 1.29 is 0 Å². The molecule has 0 aliphatic rings. The number of hydrogen-bond acceptors (Lipinski definition) is 3. The lowest BCUT2D eigenvalue weighted by molar-refractivity contribution is 0.359. The Bertz CT molecular complexity index is 488. The number of nitrogens with zero attached hydrogens (tertiary/aromatic N) is 2. The minimum Gasteiger partial charge on any atom is -0.380 e. The Hall–Kier alpha value is -1.10. The first-order valence-electron chi connectivity index (χ1n) is 5.90. The van der Waals surface area contributed by atoms with Crippen LogP contribution in [0, 0.1) is 5.41 Å². The number of anilines is 1. The van der Waals surface area contributed by atoms with E-state index in [4.69, 9.17) is 0 Å². The van der Waals surface area contributed by atoms with Gasteiger partial charge in [-0.1, -0.05) is 26.8 Å². The van der Waals surface area contributed by atoms with Crippen LogP contribution in [0.4, 0.5) is 5.69 Å². The molecule has 0 bridgehead atoms. The van der Waals surface area contributed by atoms with Gasteiger partial charge in [-0.05, 0) is 28.3 Å². The third kappa shape index (κ3) is 3.45. The Morgan fingerprint density at radius 2 is 2.22 bits per heavy atom. The number of nitrogens with one attached hydrogen (secondary N) is 1. The van der Waals surface area contributed by atoms with Crippen LogP contribution in [0.15, 0.2) is 28.1 Å². The van der Waals surface area contributed by atoms with Crippen LogP contribution in [-0.2, 0) is 6.54 Å². The number of halogens is 1. The van der Waals surface area contributed by atoms with Gasteiger partial charge in [0, 0.05) is 6.04 Å². The molecule has 5 heteroatoms. The van der Waals surface area contributed by atoms with E-state index in [2.05, 4.69) is 60.6 Å². The van der Waals surface area contributed by atoms with E-state index < -0.39 is 0 Å². The average Bonchev–Trinajstić information content (AvgIpc) is 2.27. The highest BCUT2D eigenvalue weighted by Gasteiger charge is 2.21. The van der Waals surface area contributed by atoms with Crippen LogP contribution in [0.3, 0.4) is 0 Å². The SMILES string of the molecule is C=CCn1ncc(NC(C)C(C)(C)C)c(Br)c1=O. The van der Waals surface area contributed by atoms with E-state index in [9.17, 15) is 4.79 Å². The van der Waals surface area contributed by atoms with Crippen molar-refractivity contribution in [3.8, 4) is 0 Å². The molecule has 4 nitrogen and oxygen atoms in total. The summed E-state index contributed by atoms with van der Waals surface area (Å²) in [6.45, 7) is 12.5. The van der Waals surface area contributed by atoms with Gasteiger partial charge >= 0.3 is 0 Å². The van der Waals surface area contributed by atoms with E-state index in [1.807, 2.05) is 0 Å². The summed E-state index contributed by atoms with van der Waals surface area (Å²) >= 11 is 3.33. The van der Waals surface area contributed by atoms with Gasteiger partial charge in [0.1, 0.15) is 4.47 Å². The van der Waals surface area contributed by atoms with Gasteiger partial charge in [-0.25, -0.2) is 4.68 Å². The van der Waals surface area contributed by atoms with Crippen LogP contribution in [-0.4, -0.2) is 15.8 Å². The molecule has 18 heavy (non-hydrogen) atoms. The van der Waals surface area contributed by atoms with E-state index in [1.54, 1.807) is 12.3 Å². The monoisotopic (exact) mass is 313 g/mol. The maximum Gasteiger partial charge on any atom is 0.283 e. The van der Waals surface area contributed by atoms with Gasteiger partial charge in [-0.15, -0.1) is 6.58 Å². The van der Waals surface area contributed by atoms with Gasteiger partial charge in [0.15, 0.2) is 0 Å². The second-order valence-electron chi connectivity index (χ2n) is 5.38. The second-order valence-corrected chi connectivity index (χ2v) is 6.17. The van der Waals surface area contributed by atoms with Crippen molar-refractivity contribution in [2.75, 3.05) is 5.32 Å². The lowest BCUT2D eigenvalue weighted by Crippen LogP contribution is -2.32. The molecule has 0 aromatic carbocycles. The summed E-state index contributed by atoms with van der Waals surface area (Å²) in [5, 5.41) is 7.42. The van der Waals surface area contributed by atoms with Gasteiger partial charge in [-0.2, -0.15) is 5.10 Å². The molecule has 1 unspecified atom stereocenters. The predicted octanol–water partition coefficient (Wildman–Crippen LogP) is 3.04. The van der Waals surface area contributed by atoms with Crippen molar-refractivity contribution in [3.63, 3.8) is 0 Å². The van der Waals surface area contributed by atoms with Crippen LogP contribution in [0.5, 0.6) is 0 Å². The Kier molecular flexibility index (Phi) is 4.73. The van der Waals surface area contributed by atoms with Crippen LogP contribution in [0.1, 0.15) is 27.7 Å². The maximum atomic E-state index is 12.0. The smallest absolute Gasteiger partial charge is 0.283 e. The molecule has 1 heterocycles. The van der Waals surface area contributed by atoms with Crippen LogP contribution in [0.25, 0.3) is 0 Å². The third-order valence-corrected chi connectivity index (χ3v) is 3.72. The van der Waals surface area contributed by atoms with Crippen molar-refractivity contribution in [1.82, 2.24) is 9.78 Å². The highest BCUT2D eigenvalue weighted by Crippen LogP contribution is 2.25. The molecular formula is C13H20BrN3O. The first kappa shape index (κ1) is 15.0. The first-order chi connectivity index (χ1) is 8.27. The number of aromatic nitrogens is 2. The third-order valence-electron chi connectivity index (χ3n) is 2.96. The molecule has 0 aliphatic carbocycles. The Balaban J connectivity index is 3.03. The zero-order valence-electron chi connectivity index (χ0n) is 11.3. The van der Waals surface area contributed by atoms with Crippen molar-refractivity contribution in [2.45, 2.75) is 40.3 Å². The zero-order valence-corrected chi connectivity index (χ0v) is 12.9. The van der Waals surface area contributed by atoms with E-state index in [0.717, 1.165) is 5.69 Å². The number of hydrogen-bond donors (Lipinski definition) is 1. The highest BCUT2D eigenvalue weighted by molar-refractivity contribution is 9.10. The first-order valence-corrected chi connectivity index (χ1v) is 6.69. The molecule has 1 N–H and O–H groups in total. The van der Waals surface area contributed by atoms with Gasteiger partial charge in [0.2, 0.25) is 0 Å². The minimum absolute atomic E-state index is 0.107. The van der Waals surface area contributed by atoms with Gasteiger partial charge in [0.25, 0.3) is 5.56 Å². The zero-order chi connectivity index (χ0) is 13.9. The van der Waals surface area contributed by atoms with Crippen LogP contribution >= 0.6 is 15.9 Å². The quantitative estimate of drug-likeness (QED) is 0.869. The number of allylic oxidation sites excluding steroid dienone is 1. The van der Waals surface area contributed by atoms with Crippen LogP contribution < -0.4 is 10.9 Å². The molecular weight excluding hydrogens is 294 g/mol. The highest BCUT2D eigenvalue weighted by atomic mass is 79.9. The van der Waals surface area contributed by atoms with Gasteiger partial charge in [-0.3, -0.25) is 4.79 Å². The van der Waals surface area contributed by atoms with E-state index in [-0.39, 0.29) is 17.0 Å². The molecule has 1 aromatic heterocycles. The van der Waals surface area contributed by atoms with Crippen molar-refractivity contribution in [1.29, 1.82) is 0 Å². The van der Waals surface area contributed by atoms with Crippen molar-refractivity contribution in [3.05, 3.63) is 33.7 Å². The minimum atomic E-state index is -0.152. The molecule has 100 valence electrons. The Morgan fingerprint density at radius 1 is 1.61 bits per heavy atom. The molecule has 1 aromatic rings. The lowest BCUT2D eigenvalue weighted by Gasteiger charge is -2.29. The molecule has 0 radical (unpaired) electrons. The molecule has 0 fully saturated rings. The lowest BCUT2D eigenvalue weighted by atomic mass is 9.88. The summed E-state index contributed by atoms with van der Waals surface area (Å²) < 4.78 is 1.87. The summed E-state index contributed by atoms with van der Waals surface area (Å²) in [6.07, 6.45) is 3.31. The average molecular weight is 314 g/mol. The van der Waals surface area contributed by atoms with E-state index in [0.29, 0.717) is 11.0 Å². The molecule has 0 saturated heterocycles.